The number of aromatic nitrogens is 5. The van der Waals surface area contributed by atoms with Gasteiger partial charge in [-0.25, -0.2) is 10.1 Å². The maximum atomic E-state index is 13.0. The van der Waals surface area contributed by atoms with Gasteiger partial charge in [-0.2, -0.15) is 9.78 Å². The lowest BCUT2D eigenvalue weighted by molar-refractivity contribution is 0.0950. The monoisotopic (exact) mass is 478 g/mol. The minimum atomic E-state index is -0.611. The van der Waals surface area contributed by atoms with Crippen LogP contribution in [0.3, 0.4) is 0 Å². The summed E-state index contributed by atoms with van der Waals surface area (Å²) in [5.41, 5.74) is 9.84. The van der Waals surface area contributed by atoms with Crippen LogP contribution >= 0.6 is 0 Å². The summed E-state index contributed by atoms with van der Waals surface area (Å²) in [5, 5.41) is 19.4. The first-order valence-electron chi connectivity index (χ1n) is 10.4. The van der Waals surface area contributed by atoms with Crippen molar-refractivity contribution in [1.29, 1.82) is 0 Å². The molecule has 2 heterocycles. The van der Waals surface area contributed by atoms with Crippen molar-refractivity contribution in [3.8, 4) is 34.3 Å². The van der Waals surface area contributed by atoms with Crippen molar-refractivity contribution in [2.75, 3.05) is 26.6 Å². The molecule has 1 amide bonds. The van der Waals surface area contributed by atoms with Crippen LogP contribution in [0.1, 0.15) is 23.0 Å². The predicted octanol–water partition coefficient (Wildman–Crippen LogP) is 2.08. The summed E-state index contributed by atoms with van der Waals surface area (Å²) in [4.78, 5) is 13.0. The zero-order valence-electron chi connectivity index (χ0n) is 19.1. The largest absolute Gasteiger partial charge is 0.494 e. The molecule has 4 aromatic rings. The SMILES string of the molecule is CCOc1cccc(-c2c(C(=O)NN=Cc3ccc(OC)c(OC)c3)nnn2-c2nonc2N)c1. The molecule has 0 aliphatic carbocycles. The van der Waals surface area contributed by atoms with Gasteiger partial charge in [-0.3, -0.25) is 4.79 Å². The number of nitrogen functional groups attached to an aromatic ring is 1. The highest BCUT2D eigenvalue weighted by Crippen LogP contribution is 2.29. The van der Waals surface area contributed by atoms with Crippen molar-refractivity contribution in [3.63, 3.8) is 0 Å². The third-order valence-corrected chi connectivity index (χ3v) is 4.79. The van der Waals surface area contributed by atoms with Crippen LogP contribution in [0, 0.1) is 0 Å². The quantitative estimate of drug-likeness (QED) is 0.269. The Morgan fingerprint density at radius 2 is 2.00 bits per heavy atom. The van der Waals surface area contributed by atoms with E-state index in [4.69, 9.17) is 24.6 Å². The van der Waals surface area contributed by atoms with E-state index in [1.165, 1.54) is 18.0 Å². The number of methoxy groups -OCH3 is 2. The summed E-state index contributed by atoms with van der Waals surface area (Å²) in [5.74, 6) is 1.16. The number of ether oxygens (including phenoxy) is 3. The summed E-state index contributed by atoms with van der Waals surface area (Å²) in [6.07, 6.45) is 1.46. The molecule has 13 nitrogen and oxygen atoms in total. The van der Waals surface area contributed by atoms with E-state index in [1.54, 1.807) is 49.6 Å². The molecule has 35 heavy (non-hydrogen) atoms. The van der Waals surface area contributed by atoms with Gasteiger partial charge in [-0.15, -0.1) is 5.10 Å². The third kappa shape index (κ3) is 4.88. The second kappa shape index (κ2) is 10.3. The average molecular weight is 478 g/mol. The van der Waals surface area contributed by atoms with E-state index in [1.807, 2.05) is 6.92 Å². The third-order valence-electron chi connectivity index (χ3n) is 4.79. The van der Waals surface area contributed by atoms with Gasteiger partial charge in [-0.1, -0.05) is 17.3 Å². The molecule has 180 valence electrons. The van der Waals surface area contributed by atoms with Crippen molar-refractivity contribution in [2.24, 2.45) is 5.10 Å². The minimum Gasteiger partial charge on any atom is -0.494 e. The van der Waals surface area contributed by atoms with Gasteiger partial charge in [0.25, 0.3) is 5.91 Å². The number of carbonyl (C=O) groups is 1. The van der Waals surface area contributed by atoms with E-state index in [0.29, 0.717) is 40.7 Å². The van der Waals surface area contributed by atoms with Crippen molar-refractivity contribution in [3.05, 3.63) is 53.7 Å². The maximum Gasteiger partial charge on any atom is 0.294 e. The number of anilines is 1. The highest BCUT2D eigenvalue weighted by Gasteiger charge is 2.25. The van der Waals surface area contributed by atoms with E-state index in [0.717, 1.165) is 0 Å². The number of hydrazone groups is 1. The Hall–Kier alpha value is -4.94. The molecule has 0 unspecified atom stereocenters. The van der Waals surface area contributed by atoms with Gasteiger partial charge in [0.1, 0.15) is 11.4 Å². The van der Waals surface area contributed by atoms with Crippen molar-refractivity contribution in [1.82, 2.24) is 30.7 Å². The van der Waals surface area contributed by atoms with E-state index in [2.05, 4.69) is 31.2 Å². The summed E-state index contributed by atoms with van der Waals surface area (Å²) < 4.78 is 22.0. The fraction of sp³-hybridized carbons (Fsp3) is 0.182. The van der Waals surface area contributed by atoms with Crippen LogP contribution in [0.4, 0.5) is 5.82 Å². The molecule has 0 aliphatic rings. The molecule has 2 aromatic carbocycles. The average Bonchev–Trinajstić information content (AvgIpc) is 3.50. The van der Waals surface area contributed by atoms with Crippen LogP contribution < -0.4 is 25.4 Å². The number of nitrogens with two attached hydrogens (primary N) is 1. The molecule has 4 rings (SSSR count). The second-order valence-corrected chi connectivity index (χ2v) is 6.95. The molecule has 0 atom stereocenters. The minimum absolute atomic E-state index is 0.0180. The van der Waals surface area contributed by atoms with Gasteiger partial charge in [-0.05, 0) is 53.1 Å². The standard InChI is InChI=1S/C22H22N8O5/c1-4-34-15-7-5-6-14(11-15)19-18(25-29-30(19)21-20(23)27-35-28-21)22(31)26-24-12-13-8-9-16(32-2)17(10-13)33-3/h5-12H,4H2,1-3H3,(H2,23,27)(H,26,31). The van der Waals surface area contributed by atoms with E-state index in [-0.39, 0.29) is 17.3 Å². The first-order valence-corrected chi connectivity index (χ1v) is 10.4. The van der Waals surface area contributed by atoms with Crippen molar-refractivity contribution >= 4 is 17.9 Å². The second-order valence-electron chi connectivity index (χ2n) is 6.95. The number of rotatable bonds is 9. The van der Waals surface area contributed by atoms with Gasteiger partial charge in [0.05, 0.1) is 27.0 Å². The van der Waals surface area contributed by atoms with E-state index in [9.17, 15) is 4.79 Å². The van der Waals surface area contributed by atoms with E-state index < -0.39 is 5.91 Å². The van der Waals surface area contributed by atoms with Gasteiger partial charge in [0, 0.05) is 5.56 Å². The van der Waals surface area contributed by atoms with Crippen molar-refractivity contribution < 1.29 is 23.6 Å². The molecule has 0 radical (unpaired) electrons. The number of carbonyl (C=O) groups excluding carboxylic acids is 1. The number of amides is 1. The zero-order valence-corrected chi connectivity index (χ0v) is 19.1. The summed E-state index contributed by atoms with van der Waals surface area (Å²) in [6, 6.07) is 12.3. The molecule has 0 saturated heterocycles. The highest BCUT2D eigenvalue weighted by molar-refractivity contribution is 5.99. The Bertz CT molecular complexity index is 1360. The first kappa shape index (κ1) is 23.2. The molecule has 0 bridgehead atoms. The number of hydrogen-bond donors (Lipinski definition) is 2. The Kier molecular flexibility index (Phi) is 6.86. The van der Waals surface area contributed by atoms with Crippen LogP contribution in [0.15, 0.2) is 52.2 Å². The highest BCUT2D eigenvalue weighted by atomic mass is 16.6. The molecule has 3 N–H and O–H groups in total. The smallest absolute Gasteiger partial charge is 0.294 e. The van der Waals surface area contributed by atoms with Crippen LogP contribution in [0.2, 0.25) is 0 Å². The molecule has 13 heteroatoms. The van der Waals surface area contributed by atoms with Gasteiger partial charge in [0.15, 0.2) is 17.2 Å². The van der Waals surface area contributed by atoms with Crippen molar-refractivity contribution in [2.45, 2.75) is 6.92 Å². The van der Waals surface area contributed by atoms with E-state index >= 15 is 0 Å². The fourth-order valence-electron chi connectivity index (χ4n) is 3.23. The number of nitrogens with one attached hydrogen (secondary N) is 1. The normalized spacial score (nSPS) is 10.9. The topological polar surface area (TPSA) is 165 Å². The summed E-state index contributed by atoms with van der Waals surface area (Å²) in [7, 11) is 3.08. The Balaban J connectivity index is 1.66. The van der Waals surface area contributed by atoms with Crippen LogP contribution in [0.5, 0.6) is 17.2 Å². The first-order chi connectivity index (χ1) is 17.0. The molecule has 2 aromatic heterocycles. The predicted molar refractivity (Wildman–Crippen MR) is 125 cm³/mol. The lowest BCUT2D eigenvalue weighted by Gasteiger charge is -2.08. The Labute approximate surface area is 199 Å². The van der Waals surface area contributed by atoms with Gasteiger partial charge in [0.2, 0.25) is 11.6 Å². The number of benzene rings is 2. The summed E-state index contributed by atoms with van der Waals surface area (Å²) in [6.45, 7) is 2.34. The lowest BCUT2D eigenvalue weighted by Crippen LogP contribution is -2.19. The number of hydrogen-bond acceptors (Lipinski definition) is 11. The molecule has 0 fully saturated rings. The van der Waals surface area contributed by atoms with Crippen LogP contribution in [-0.2, 0) is 0 Å². The summed E-state index contributed by atoms with van der Waals surface area (Å²) >= 11 is 0. The van der Waals surface area contributed by atoms with Gasteiger partial charge >= 0.3 is 0 Å². The fourth-order valence-corrected chi connectivity index (χ4v) is 3.23. The van der Waals surface area contributed by atoms with Gasteiger partial charge < -0.3 is 19.9 Å². The molecule has 0 spiro atoms. The zero-order chi connectivity index (χ0) is 24.8. The molecular weight excluding hydrogens is 456 g/mol. The Morgan fingerprint density at radius 3 is 2.71 bits per heavy atom. The maximum absolute atomic E-state index is 13.0. The lowest BCUT2D eigenvalue weighted by atomic mass is 10.1. The van der Waals surface area contributed by atoms with Crippen LogP contribution in [0.25, 0.3) is 17.1 Å². The number of nitrogens with zero attached hydrogens (tertiary/aromatic N) is 6. The molecule has 0 saturated carbocycles. The molecular formula is C22H22N8O5. The Morgan fingerprint density at radius 1 is 1.17 bits per heavy atom. The molecule has 0 aliphatic heterocycles. The van der Waals surface area contributed by atoms with Crippen LogP contribution in [-0.4, -0.2) is 58.3 Å².